The van der Waals surface area contributed by atoms with E-state index in [9.17, 15) is 14.7 Å². The normalized spacial score (nSPS) is 14.4. The molecule has 0 aliphatic carbocycles. The number of hydrogen-bond donors (Lipinski definition) is 2. The third-order valence-corrected chi connectivity index (χ3v) is 2.29. The minimum Gasteiger partial charge on any atom is -0.466 e. The van der Waals surface area contributed by atoms with Crippen LogP contribution < -0.4 is 5.32 Å². The summed E-state index contributed by atoms with van der Waals surface area (Å²) in [6, 6.07) is -0.542. The maximum Gasteiger partial charge on any atom is 0.407 e. The Morgan fingerprint density at radius 1 is 1.26 bits per heavy atom. The van der Waals surface area contributed by atoms with Gasteiger partial charge in [-0.1, -0.05) is 6.92 Å². The van der Waals surface area contributed by atoms with E-state index in [1.165, 1.54) is 0 Å². The zero-order valence-corrected chi connectivity index (χ0v) is 12.4. The maximum atomic E-state index is 11.6. The summed E-state index contributed by atoms with van der Waals surface area (Å²) in [4.78, 5) is 22.8. The molecule has 2 atom stereocenters. The van der Waals surface area contributed by atoms with Crippen LogP contribution in [0.2, 0.25) is 0 Å². The van der Waals surface area contributed by atoms with Gasteiger partial charge < -0.3 is 19.9 Å². The smallest absolute Gasteiger partial charge is 0.407 e. The van der Waals surface area contributed by atoms with Crippen molar-refractivity contribution < 1.29 is 24.2 Å². The molecule has 0 saturated carbocycles. The molecule has 0 saturated heterocycles. The van der Waals surface area contributed by atoms with Crippen LogP contribution in [0.1, 0.15) is 47.5 Å². The second-order valence-electron chi connectivity index (χ2n) is 5.24. The molecule has 6 nitrogen and oxygen atoms in total. The van der Waals surface area contributed by atoms with Crippen LogP contribution in [-0.2, 0) is 14.3 Å². The standard InChI is InChI=1S/C13H25NO5/c1-6-9(10(15)8-11(16)18-7-2)14-12(17)19-13(3,4)5/h9-10,15H,6-8H2,1-5H3,(H,14,17)/t9-,10?/m1/s1. The Balaban J connectivity index is 4.33. The number of esters is 1. The number of carbonyl (C=O) groups is 2. The average molecular weight is 275 g/mol. The van der Waals surface area contributed by atoms with Crippen LogP contribution in [0.3, 0.4) is 0 Å². The number of alkyl carbamates (subject to hydrolysis) is 1. The van der Waals surface area contributed by atoms with Crippen molar-refractivity contribution in [1.29, 1.82) is 0 Å². The molecule has 0 fully saturated rings. The summed E-state index contributed by atoms with van der Waals surface area (Å²) in [6.45, 7) is 9.02. The Kier molecular flexibility index (Phi) is 7.44. The quantitative estimate of drug-likeness (QED) is 0.719. The molecule has 0 aliphatic rings. The lowest BCUT2D eigenvalue weighted by Crippen LogP contribution is -2.45. The fourth-order valence-electron chi connectivity index (χ4n) is 1.46. The lowest BCUT2D eigenvalue weighted by molar-refractivity contribution is -0.145. The van der Waals surface area contributed by atoms with Crippen LogP contribution in [0, 0.1) is 0 Å². The van der Waals surface area contributed by atoms with Crippen LogP contribution in [-0.4, -0.2) is 41.5 Å². The van der Waals surface area contributed by atoms with Crippen LogP contribution in [0.4, 0.5) is 4.79 Å². The van der Waals surface area contributed by atoms with E-state index in [2.05, 4.69) is 5.32 Å². The molecule has 0 heterocycles. The molecule has 1 unspecified atom stereocenters. The summed E-state index contributed by atoms with van der Waals surface area (Å²) in [7, 11) is 0. The maximum absolute atomic E-state index is 11.6. The van der Waals surface area contributed by atoms with Gasteiger partial charge in [0.25, 0.3) is 0 Å². The number of aliphatic hydroxyl groups is 1. The van der Waals surface area contributed by atoms with Gasteiger partial charge in [0.2, 0.25) is 0 Å². The molecule has 1 amide bonds. The summed E-state index contributed by atoms with van der Waals surface area (Å²) >= 11 is 0. The largest absolute Gasteiger partial charge is 0.466 e. The van der Waals surface area contributed by atoms with E-state index in [1.807, 2.05) is 0 Å². The Bertz CT molecular complexity index is 298. The summed E-state index contributed by atoms with van der Waals surface area (Å²) in [5.74, 6) is -0.487. The van der Waals surface area contributed by atoms with Crippen molar-refractivity contribution in [3.63, 3.8) is 0 Å². The highest BCUT2D eigenvalue weighted by molar-refractivity contribution is 5.71. The molecule has 0 spiro atoms. The van der Waals surface area contributed by atoms with Gasteiger partial charge in [-0.2, -0.15) is 0 Å². The van der Waals surface area contributed by atoms with Crippen molar-refractivity contribution in [2.24, 2.45) is 0 Å². The molecular weight excluding hydrogens is 250 g/mol. The fourth-order valence-corrected chi connectivity index (χ4v) is 1.46. The molecule has 0 bridgehead atoms. The predicted molar refractivity (Wildman–Crippen MR) is 70.7 cm³/mol. The number of rotatable bonds is 6. The van der Waals surface area contributed by atoms with Crippen LogP contribution in [0.15, 0.2) is 0 Å². The van der Waals surface area contributed by atoms with Crippen LogP contribution >= 0.6 is 0 Å². The first kappa shape index (κ1) is 17.7. The van der Waals surface area contributed by atoms with Gasteiger partial charge in [-0.3, -0.25) is 4.79 Å². The van der Waals surface area contributed by atoms with Crippen LogP contribution in [0.5, 0.6) is 0 Å². The highest BCUT2D eigenvalue weighted by atomic mass is 16.6. The number of amides is 1. The summed E-state index contributed by atoms with van der Waals surface area (Å²) < 4.78 is 9.85. The molecule has 2 N–H and O–H groups in total. The number of carbonyl (C=O) groups excluding carboxylic acids is 2. The van der Waals surface area contributed by atoms with Gasteiger partial charge in [-0.15, -0.1) is 0 Å². The summed E-state index contributed by atoms with van der Waals surface area (Å²) in [6.07, 6.45) is -1.26. The zero-order chi connectivity index (χ0) is 15.1. The Morgan fingerprint density at radius 2 is 1.84 bits per heavy atom. The number of hydrogen-bond acceptors (Lipinski definition) is 5. The van der Waals surface area contributed by atoms with E-state index in [4.69, 9.17) is 9.47 Å². The molecule has 6 heteroatoms. The highest BCUT2D eigenvalue weighted by Gasteiger charge is 2.25. The third kappa shape index (κ3) is 8.42. The number of aliphatic hydroxyl groups excluding tert-OH is 1. The minimum absolute atomic E-state index is 0.151. The Hall–Kier alpha value is -1.30. The molecule has 0 aromatic rings. The molecule has 0 aliphatic heterocycles. The van der Waals surface area contributed by atoms with Crippen LogP contribution in [0.25, 0.3) is 0 Å². The highest BCUT2D eigenvalue weighted by Crippen LogP contribution is 2.09. The van der Waals surface area contributed by atoms with Crippen molar-refractivity contribution in [2.75, 3.05) is 6.61 Å². The number of nitrogens with one attached hydrogen (secondary N) is 1. The Morgan fingerprint density at radius 3 is 2.26 bits per heavy atom. The van der Waals surface area contributed by atoms with Crippen molar-refractivity contribution in [3.05, 3.63) is 0 Å². The van der Waals surface area contributed by atoms with Crippen molar-refractivity contribution in [1.82, 2.24) is 5.32 Å². The van der Waals surface area contributed by atoms with E-state index >= 15 is 0 Å². The lowest BCUT2D eigenvalue weighted by atomic mass is 10.1. The molecule has 0 aromatic heterocycles. The molecule has 112 valence electrons. The summed E-state index contributed by atoms with van der Waals surface area (Å²) in [5.41, 5.74) is -0.603. The second-order valence-corrected chi connectivity index (χ2v) is 5.24. The van der Waals surface area contributed by atoms with Gasteiger partial charge >= 0.3 is 12.1 Å². The molecule has 0 aromatic carbocycles. The van der Waals surface area contributed by atoms with Gasteiger partial charge in [0.1, 0.15) is 5.60 Å². The predicted octanol–water partition coefficient (Wildman–Crippen LogP) is 1.60. The van der Waals surface area contributed by atoms with Gasteiger partial charge in [-0.25, -0.2) is 4.79 Å². The molecule has 19 heavy (non-hydrogen) atoms. The molecular formula is C13H25NO5. The Labute approximate surface area is 114 Å². The minimum atomic E-state index is -0.989. The average Bonchev–Trinajstić information content (AvgIpc) is 2.23. The zero-order valence-electron chi connectivity index (χ0n) is 12.4. The van der Waals surface area contributed by atoms with Gasteiger partial charge in [0.05, 0.1) is 25.2 Å². The van der Waals surface area contributed by atoms with Crippen molar-refractivity contribution >= 4 is 12.1 Å². The van der Waals surface area contributed by atoms with E-state index in [-0.39, 0.29) is 13.0 Å². The monoisotopic (exact) mass is 275 g/mol. The third-order valence-electron chi connectivity index (χ3n) is 2.29. The van der Waals surface area contributed by atoms with Gasteiger partial charge in [0, 0.05) is 0 Å². The lowest BCUT2D eigenvalue weighted by Gasteiger charge is -2.25. The van der Waals surface area contributed by atoms with Gasteiger partial charge in [-0.05, 0) is 34.1 Å². The first-order valence-electron chi connectivity index (χ1n) is 6.52. The van der Waals surface area contributed by atoms with Gasteiger partial charge in [0.15, 0.2) is 0 Å². The first-order valence-corrected chi connectivity index (χ1v) is 6.52. The van der Waals surface area contributed by atoms with E-state index in [1.54, 1.807) is 34.6 Å². The SMILES string of the molecule is CCOC(=O)CC(O)[C@@H](CC)NC(=O)OC(C)(C)C. The molecule has 0 rings (SSSR count). The van der Waals surface area contributed by atoms with E-state index in [0.29, 0.717) is 6.42 Å². The molecule has 0 radical (unpaired) electrons. The fraction of sp³-hybridized carbons (Fsp3) is 0.846. The van der Waals surface area contributed by atoms with Crippen molar-refractivity contribution in [3.8, 4) is 0 Å². The van der Waals surface area contributed by atoms with E-state index < -0.39 is 29.8 Å². The number of ether oxygens (including phenoxy) is 2. The topological polar surface area (TPSA) is 84.9 Å². The second kappa shape index (κ2) is 7.99. The summed E-state index contributed by atoms with van der Waals surface area (Å²) in [5, 5.41) is 12.4. The van der Waals surface area contributed by atoms with Crippen molar-refractivity contribution in [2.45, 2.75) is 65.2 Å². The first-order chi connectivity index (χ1) is 8.69. The van der Waals surface area contributed by atoms with E-state index in [0.717, 1.165) is 0 Å².